The van der Waals surface area contributed by atoms with Crippen molar-refractivity contribution < 1.29 is 13.2 Å². The highest BCUT2D eigenvalue weighted by Crippen LogP contribution is 2.24. The maximum Gasteiger partial charge on any atom is 0.242 e. The van der Waals surface area contributed by atoms with Crippen LogP contribution in [-0.2, 0) is 16.6 Å². The van der Waals surface area contributed by atoms with E-state index in [1.807, 2.05) is 11.4 Å². The molecular formula is C16H12ClNO3S3. The minimum absolute atomic E-state index is 0.0399. The highest BCUT2D eigenvalue weighted by atomic mass is 35.5. The van der Waals surface area contributed by atoms with Crippen molar-refractivity contribution in [2.24, 2.45) is 0 Å². The molecule has 0 aliphatic rings. The molecule has 0 spiro atoms. The molecule has 3 aromatic rings. The van der Waals surface area contributed by atoms with Crippen LogP contribution < -0.4 is 4.72 Å². The van der Waals surface area contributed by atoms with E-state index < -0.39 is 10.0 Å². The van der Waals surface area contributed by atoms with Crippen LogP contribution in [0.25, 0.3) is 0 Å². The molecule has 0 bridgehead atoms. The summed E-state index contributed by atoms with van der Waals surface area (Å²) >= 11 is 8.59. The SMILES string of the molecule is O=C(c1cccs1)c1ccc(CNS(=O)(=O)c2ccccc2Cl)s1. The van der Waals surface area contributed by atoms with Gasteiger partial charge in [-0.25, -0.2) is 13.1 Å². The number of rotatable bonds is 6. The molecule has 0 fully saturated rings. The van der Waals surface area contributed by atoms with Crippen LogP contribution in [0.15, 0.2) is 58.8 Å². The first-order valence-electron chi connectivity index (χ1n) is 6.88. The van der Waals surface area contributed by atoms with Gasteiger partial charge in [-0.1, -0.05) is 29.8 Å². The van der Waals surface area contributed by atoms with Gasteiger partial charge in [0, 0.05) is 11.4 Å². The molecule has 0 atom stereocenters. The zero-order valence-electron chi connectivity index (χ0n) is 12.2. The number of benzene rings is 1. The summed E-state index contributed by atoms with van der Waals surface area (Å²) in [4.78, 5) is 14.3. The maximum atomic E-state index is 12.3. The van der Waals surface area contributed by atoms with E-state index in [1.54, 1.807) is 30.3 Å². The van der Waals surface area contributed by atoms with Gasteiger partial charge in [0.15, 0.2) is 0 Å². The van der Waals surface area contributed by atoms with Crippen LogP contribution in [-0.4, -0.2) is 14.2 Å². The van der Waals surface area contributed by atoms with Crippen LogP contribution >= 0.6 is 34.3 Å². The van der Waals surface area contributed by atoms with Gasteiger partial charge >= 0.3 is 0 Å². The molecule has 124 valence electrons. The molecule has 2 aromatic heterocycles. The van der Waals surface area contributed by atoms with E-state index in [-0.39, 0.29) is 22.2 Å². The standard InChI is InChI=1S/C16H12ClNO3S3/c17-12-4-1-2-6-15(12)24(20,21)18-10-11-7-8-14(23-11)16(19)13-5-3-9-22-13/h1-9,18H,10H2. The first-order chi connectivity index (χ1) is 11.5. The quantitative estimate of drug-likeness (QED) is 0.635. The second kappa shape index (κ2) is 7.16. The van der Waals surface area contributed by atoms with E-state index in [2.05, 4.69) is 4.72 Å². The van der Waals surface area contributed by atoms with Gasteiger partial charge in [-0.15, -0.1) is 22.7 Å². The Morgan fingerprint density at radius 2 is 1.83 bits per heavy atom. The lowest BCUT2D eigenvalue weighted by Crippen LogP contribution is -2.23. The monoisotopic (exact) mass is 397 g/mol. The average molecular weight is 398 g/mol. The van der Waals surface area contributed by atoms with Crippen LogP contribution in [0.5, 0.6) is 0 Å². The molecule has 1 N–H and O–H groups in total. The van der Waals surface area contributed by atoms with Crippen molar-refractivity contribution in [3.05, 3.63) is 73.6 Å². The second-order valence-corrected chi connectivity index (χ2v) is 9.09. The molecule has 2 heterocycles. The second-order valence-electron chi connectivity index (χ2n) is 4.83. The third-order valence-corrected chi connectivity index (χ3v) is 7.05. The first kappa shape index (κ1) is 17.3. The van der Waals surface area contributed by atoms with Gasteiger partial charge in [-0.05, 0) is 35.7 Å². The zero-order valence-corrected chi connectivity index (χ0v) is 15.4. The van der Waals surface area contributed by atoms with Crippen molar-refractivity contribution in [1.82, 2.24) is 4.72 Å². The van der Waals surface area contributed by atoms with E-state index >= 15 is 0 Å². The van der Waals surface area contributed by atoms with Gasteiger partial charge in [0.05, 0.1) is 14.8 Å². The molecule has 8 heteroatoms. The van der Waals surface area contributed by atoms with Gasteiger partial charge in [0.1, 0.15) is 4.90 Å². The number of nitrogens with one attached hydrogen (secondary N) is 1. The number of thiophene rings is 2. The Morgan fingerprint density at radius 1 is 1.04 bits per heavy atom. The summed E-state index contributed by atoms with van der Waals surface area (Å²) in [6.45, 7) is 0.107. The Labute approximate surface area is 152 Å². The van der Waals surface area contributed by atoms with E-state index in [1.165, 1.54) is 34.8 Å². The Bertz CT molecular complexity index is 962. The van der Waals surface area contributed by atoms with E-state index in [0.717, 1.165) is 4.88 Å². The third kappa shape index (κ3) is 3.76. The normalized spacial score (nSPS) is 11.5. The molecule has 3 rings (SSSR count). The fraction of sp³-hybridized carbons (Fsp3) is 0.0625. The third-order valence-electron chi connectivity index (χ3n) is 3.19. The Morgan fingerprint density at radius 3 is 2.54 bits per heavy atom. The lowest BCUT2D eigenvalue weighted by Gasteiger charge is -2.07. The summed E-state index contributed by atoms with van der Waals surface area (Å²) in [5, 5.41) is 2.02. The van der Waals surface area contributed by atoms with Gasteiger partial charge < -0.3 is 0 Å². The highest BCUT2D eigenvalue weighted by molar-refractivity contribution is 7.89. The van der Waals surface area contributed by atoms with Crippen LogP contribution in [0.3, 0.4) is 0 Å². The van der Waals surface area contributed by atoms with Crippen molar-refractivity contribution in [3.63, 3.8) is 0 Å². The summed E-state index contributed by atoms with van der Waals surface area (Å²) in [7, 11) is -3.70. The Hall–Kier alpha value is -1.51. The number of ketones is 1. The maximum absolute atomic E-state index is 12.3. The number of halogens is 1. The van der Waals surface area contributed by atoms with E-state index in [9.17, 15) is 13.2 Å². The van der Waals surface area contributed by atoms with E-state index in [4.69, 9.17) is 11.6 Å². The molecule has 4 nitrogen and oxygen atoms in total. The van der Waals surface area contributed by atoms with Crippen molar-refractivity contribution in [2.45, 2.75) is 11.4 Å². The largest absolute Gasteiger partial charge is 0.287 e. The fourth-order valence-electron chi connectivity index (χ4n) is 2.03. The van der Waals surface area contributed by atoms with Crippen LogP contribution in [0.2, 0.25) is 5.02 Å². The minimum Gasteiger partial charge on any atom is -0.287 e. The average Bonchev–Trinajstić information content (AvgIpc) is 3.24. The molecule has 0 amide bonds. The lowest BCUT2D eigenvalue weighted by molar-refractivity contribution is 0.104. The molecule has 0 aliphatic carbocycles. The van der Waals surface area contributed by atoms with Gasteiger partial charge in [-0.3, -0.25) is 4.79 Å². The van der Waals surface area contributed by atoms with Crippen molar-refractivity contribution in [2.75, 3.05) is 0 Å². The molecule has 0 aliphatic heterocycles. The predicted molar refractivity (Wildman–Crippen MR) is 97.5 cm³/mol. The highest BCUT2D eigenvalue weighted by Gasteiger charge is 2.18. The Kier molecular flexibility index (Phi) is 5.17. The molecule has 0 radical (unpaired) electrons. The smallest absolute Gasteiger partial charge is 0.242 e. The van der Waals surface area contributed by atoms with Gasteiger partial charge in [0.25, 0.3) is 0 Å². The summed E-state index contributed by atoms with van der Waals surface area (Å²) in [5.41, 5.74) is 0. The summed E-state index contributed by atoms with van der Waals surface area (Å²) in [6, 6.07) is 13.3. The summed E-state index contributed by atoms with van der Waals surface area (Å²) < 4.78 is 27.1. The van der Waals surface area contributed by atoms with Gasteiger partial charge in [0.2, 0.25) is 15.8 Å². The van der Waals surface area contributed by atoms with Crippen molar-refractivity contribution >= 4 is 50.1 Å². The predicted octanol–water partition coefficient (Wildman–Crippen LogP) is 4.17. The van der Waals surface area contributed by atoms with Crippen molar-refractivity contribution in [1.29, 1.82) is 0 Å². The number of hydrogen-bond donors (Lipinski definition) is 1. The fourth-order valence-corrected chi connectivity index (χ4v) is 5.29. The topological polar surface area (TPSA) is 63.2 Å². The van der Waals surface area contributed by atoms with E-state index in [0.29, 0.717) is 9.75 Å². The zero-order chi connectivity index (χ0) is 17.2. The molecule has 0 saturated carbocycles. The summed E-state index contributed by atoms with van der Waals surface area (Å²) in [5.74, 6) is -0.0461. The minimum atomic E-state index is -3.70. The number of carbonyl (C=O) groups excluding carboxylic acids is 1. The summed E-state index contributed by atoms with van der Waals surface area (Å²) in [6.07, 6.45) is 0. The van der Waals surface area contributed by atoms with Crippen molar-refractivity contribution in [3.8, 4) is 0 Å². The molecular weight excluding hydrogens is 386 g/mol. The number of carbonyl (C=O) groups is 1. The first-order valence-corrected chi connectivity index (χ1v) is 10.4. The lowest BCUT2D eigenvalue weighted by atomic mass is 10.3. The van der Waals surface area contributed by atoms with Gasteiger partial charge in [-0.2, -0.15) is 0 Å². The number of sulfonamides is 1. The number of hydrogen-bond acceptors (Lipinski definition) is 5. The Balaban J connectivity index is 1.72. The van der Waals surface area contributed by atoms with Crippen LogP contribution in [0.1, 0.15) is 19.4 Å². The van der Waals surface area contributed by atoms with Crippen LogP contribution in [0.4, 0.5) is 0 Å². The molecule has 1 aromatic carbocycles. The molecule has 0 unspecified atom stereocenters. The van der Waals surface area contributed by atoms with Crippen LogP contribution in [0, 0.1) is 0 Å². The molecule has 24 heavy (non-hydrogen) atoms. The molecule has 0 saturated heterocycles.